The number of hydrogen-bond donors (Lipinski definition) is 3. The van der Waals surface area contributed by atoms with Gasteiger partial charge in [0.1, 0.15) is 5.84 Å². The maximum absolute atomic E-state index is 6.50. The van der Waals surface area contributed by atoms with Gasteiger partial charge in [0.25, 0.3) is 0 Å². The topological polar surface area (TPSA) is 62.4 Å². The molecule has 3 aliphatic rings. The first kappa shape index (κ1) is 39.4. The molecule has 4 nitrogen and oxygen atoms in total. The van der Waals surface area contributed by atoms with E-state index >= 15 is 0 Å². The Balaban J connectivity index is 1.64. The number of nitrogens with two attached hydrogens (primary N) is 1. The van der Waals surface area contributed by atoms with E-state index < -0.39 is 0 Å². The lowest BCUT2D eigenvalue weighted by Gasteiger charge is -2.54. The Morgan fingerprint density at radius 3 is 2.53 bits per heavy atom. The SMILES string of the molecule is C=C(/C=C\C/C=C/C)C1=C(Nc2ccc(CN=C(N)C(/C=C\C)=C/NCC)cc2-c2ccccc2)CC(C(=C)CC)C2C3=C(C=CCC3)CC(C)(C)C12. The molecule has 0 radical (unpaired) electrons. The number of amidine groups is 1. The normalized spacial score (nSPS) is 21.7. The van der Waals surface area contributed by atoms with Crippen LogP contribution in [0.25, 0.3) is 11.1 Å². The van der Waals surface area contributed by atoms with Gasteiger partial charge in [-0.25, -0.2) is 0 Å². The minimum absolute atomic E-state index is 0.0389. The van der Waals surface area contributed by atoms with Crippen LogP contribution in [0.3, 0.4) is 0 Å². The van der Waals surface area contributed by atoms with Gasteiger partial charge < -0.3 is 16.4 Å². The molecule has 3 aliphatic carbocycles. The molecule has 3 unspecified atom stereocenters. The molecule has 278 valence electrons. The molecule has 0 saturated carbocycles. The van der Waals surface area contributed by atoms with E-state index in [1.807, 2.05) is 25.3 Å². The van der Waals surface area contributed by atoms with Gasteiger partial charge in [-0.15, -0.1) is 0 Å². The third-order valence-corrected chi connectivity index (χ3v) is 11.2. The third kappa shape index (κ3) is 9.22. The molecule has 0 fully saturated rings. The molecule has 4 heteroatoms. The molecule has 0 aliphatic heterocycles. The van der Waals surface area contributed by atoms with E-state index in [4.69, 9.17) is 23.9 Å². The number of anilines is 1. The third-order valence-electron chi connectivity index (χ3n) is 11.2. The van der Waals surface area contributed by atoms with Gasteiger partial charge in [0, 0.05) is 35.3 Å². The Hall–Kier alpha value is -4.83. The summed E-state index contributed by atoms with van der Waals surface area (Å²) < 4.78 is 0. The van der Waals surface area contributed by atoms with E-state index in [0.29, 0.717) is 30.1 Å². The van der Waals surface area contributed by atoms with Crippen LogP contribution in [0.5, 0.6) is 0 Å². The highest BCUT2D eigenvalue weighted by molar-refractivity contribution is 5.99. The Bertz CT molecular complexity index is 1890. The molecule has 0 amide bonds. The second-order valence-electron chi connectivity index (χ2n) is 15.3. The first-order valence-corrected chi connectivity index (χ1v) is 19.7. The van der Waals surface area contributed by atoms with Crippen molar-refractivity contribution in [2.45, 2.75) is 86.6 Å². The number of fused-ring (bicyclic) bond motifs is 2. The van der Waals surface area contributed by atoms with Crippen molar-refractivity contribution < 1.29 is 0 Å². The number of hydrogen-bond acceptors (Lipinski definition) is 3. The summed E-state index contributed by atoms with van der Waals surface area (Å²) in [6, 6.07) is 17.4. The molecule has 0 spiro atoms. The summed E-state index contributed by atoms with van der Waals surface area (Å²) >= 11 is 0. The Morgan fingerprint density at radius 1 is 1.02 bits per heavy atom. The van der Waals surface area contributed by atoms with Crippen LogP contribution in [-0.4, -0.2) is 12.4 Å². The van der Waals surface area contributed by atoms with Crippen molar-refractivity contribution in [1.82, 2.24) is 5.32 Å². The van der Waals surface area contributed by atoms with Gasteiger partial charge in [0.15, 0.2) is 0 Å². The van der Waals surface area contributed by atoms with E-state index in [9.17, 15) is 0 Å². The highest BCUT2D eigenvalue weighted by Gasteiger charge is 2.51. The average Bonchev–Trinajstić information content (AvgIpc) is 3.17. The summed E-state index contributed by atoms with van der Waals surface area (Å²) in [4.78, 5) is 4.82. The van der Waals surface area contributed by atoms with Gasteiger partial charge in [0.05, 0.1) is 6.54 Å². The van der Waals surface area contributed by atoms with Crippen molar-refractivity contribution in [3.63, 3.8) is 0 Å². The zero-order valence-corrected chi connectivity index (χ0v) is 33.1. The van der Waals surface area contributed by atoms with E-state index in [2.05, 4.69) is 130 Å². The predicted octanol–water partition coefficient (Wildman–Crippen LogP) is 12.3. The number of aliphatic imine (C=N–C) groups is 1. The number of rotatable bonds is 15. The van der Waals surface area contributed by atoms with Crippen LogP contribution in [-0.2, 0) is 6.54 Å². The second kappa shape index (κ2) is 18.3. The molecule has 0 saturated heterocycles. The molecule has 53 heavy (non-hydrogen) atoms. The van der Waals surface area contributed by atoms with Crippen LogP contribution in [0.15, 0.2) is 161 Å². The molecule has 3 atom stereocenters. The van der Waals surface area contributed by atoms with Crippen LogP contribution in [0.1, 0.15) is 85.6 Å². The minimum Gasteiger partial charge on any atom is -0.391 e. The first-order chi connectivity index (χ1) is 25.6. The maximum atomic E-state index is 6.50. The van der Waals surface area contributed by atoms with Crippen molar-refractivity contribution in [3.8, 4) is 11.1 Å². The van der Waals surface area contributed by atoms with Crippen LogP contribution in [0.4, 0.5) is 5.69 Å². The Labute approximate surface area is 320 Å². The molecular formula is C49H62N4. The lowest BCUT2D eigenvalue weighted by molar-refractivity contribution is 0.127. The van der Waals surface area contributed by atoms with E-state index in [0.717, 1.165) is 78.6 Å². The largest absolute Gasteiger partial charge is 0.391 e. The smallest absolute Gasteiger partial charge is 0.127 e. The predicted molar refractivity (Wildman–Crippen MR) is 230 cm³/mol. The van der Waals surface area contributed by atoms with Gasteiger partial charge in [-0.3, -0.25) is 4.99 Å². The van der Waals surface area contributed by atoms with Crippen LogP contribution in [0, 0.1) is 23.2 Å². The Kier molecular flexibility index (Phi) is 13.6. The van der Waals surface area contributed by atoms with Crippen LogP contribution < -0.4 is 16.4 Å². The fraction of sp³-hybridized carbons (Fsp3) is 0.367. The van der Waals surface area contributed by atoms with E-state index in [1.165, 1.54) is 16.8 Å². The number of benzene rings is 2. The van der Waals surface area contributed by atoms with E-state index in [1.54, 1.807) is 11.1 Å². The highest BCUT2D eigenvalue weighted by Crippen LogP contribution is 2.60. The lowest BCUT2D eigenvalue weighted by atomic mass is 9.51. The van der Waals surface area contributed by atoms with Gasteiger partial charge in [-0.05, 0) is 122 Å². The quantitative estimate of drug-likeness (QED) is 0.0748. The summed E-state index contributed by atoms with van der Waals surface area (Å²) in [5.74, 6) is 1.60. The monoisotopic (exact) mass is 706 g/mol. The molecule has 0 heterocycles. The van der Waals surface area contributed by atoms with Crippen molar-refractivity contribution in [3.05, 3.63) is 161 Å². The van der Waals surface area contributed by atoms with Crippen LogP contribution >= 0.6 is 0 Å². The lowest BCUT2D eigenvalue weighted by Crippen LogP contribution is -2.45. The zero-order chi connectivity index (χ0) is 38.0. The zero-order valence-electron chi connectivity index (χ0n) is 33.1. The highest BCUT2D eigenvalue weighted by atomic mass is 14.9. The molecule has 2 aromatic carbocycles. The van der Waals surface area contributed by atoms with Crippen molar-refractivity contribution in [2.24, 2.45) is 33.9 Å². The average molecular weight is 707 g/mol. The van der Waals surface area contributed by atoms with Crippen molar-refractivity contribution >= 4 is 11.5 Å². The summed E-state index contributed by atoms with van der Waals surface area (Å²) in [6.07, 6.45) is 25.7. The number of nitrogens with zero attached hydrogens (tertiary/aromatic N) is 1. The fourth-order valence-corrected chi connectivity index (χ4v) is 8.64. The van der Waals surface area contributed by atoms with Crippen molar-refractivity contribution in [2.75, 3.05) is 11.9 Å². The van der Waals surface area contributed by atoms with Gasteiger partial charge >= 0.3 is 0 Å². The molecule has 5 rings (SSSR count). The van der Waals surface area contributed by atoms with Gasteiger partial charge in [-0.1, -0.05) is 130 Å². The summed E-state index contributed by atoms with van der Waals surface area (Å²) in [7, 11) is 0. The van der Waals surface area contributed by atoms with E-state index in [-0.39, 0.29) is 5.41 Å². The second-order valence-corrected chi connectivity index (χ2v) is 15.3. The van der Waals surface area contributed by atoms with Gasteiger partial charge in [-0.2, -0.15) is 0 Å². The van der Waals surface area contributed by atoms with Gasteiger partial charge in [0.2, 0.25) is 0 Å². The number of allylic oxidation sites excluding steroid dienone is 13. The first-order valence-electron chi connectivity index (χ1n) is 19.7. The molecule has 4 N–H and O–H groups in total. The standard InChI is InChI=1S/C49H62N4/c1-9-13-14-16-22-35(6)45-44(30-41(34(5)11-3)46-40-26-20-19-25-38(40)31-49(7,8)47(45)46)53-43-28-27-36(29-42(43)37-23-17-15-18-24-37)32-52-48(50)39(21-10-2)33-51-12-4/h9-10,13,15-19,21-25,27-29,33,41,46-47,51,53H,5-6,11-12,14,20,26,30-32H2,1-4,7-8H3,(H2,50,52)/b13-9+,21-10-,22-16-,39-33+. The molecular weight excluding hydrogens is 645 g/mol. The van der Waals surface area contributed by atoms with Crippen molar-refractivity contribution in [1.29, 1.82) is 0 Å². The summed E-state index contributed by atoms with van der Waals surface area (Å²) in [5, 5.41) is 7.35. The number of nitrogens with one attached hydrogen (secondary N) is 2. The maximum Gasteiger partial charge on any atom is 0.127 e. The summed E-state index contributed by atoms with van der Waals surface area (Å²) in [5.41, 5.74) is 20.2. The fourth-order valence-electron chi connectivity index (χ4n) is 8.64. The molecule has 0 bridgehead atoms. The minimum atomic E-state index is 0.0389. The summed E-state index contributed by atoms with van der Waals surface area (Å²) in [6.45, 7) is 24.2. The molecule has 2 aromatic rings. The Morgan fingerprint density at radius 2 is 1.81 bits per heavy atom. The molecule has 0 aromatic heterocycles. The van der Waals surface area contributed by atoms with Crippen LogP contribution in [0.2, 0.25) is 0 Å².